The molecule has 0 aliphatic carbocycles. The Morgan fingerprint density at radius 1 is 0.840 bits per heavy atom. The average Bonchev–Trinajstić information content (AvgIpc) is 2.52. The van der Waals surface area contributed by atoms with Crippen molar-refractivity contribution in [2.45, 2.75) is 4.90 Å². The molecule has 0 saturated heterocycles. The molecule has 0 spiro atoms. The van der Waals surface area contributed by atoms with Crippen LogP contribution >= 0.6 is 0 Å². The van der Waals surface area contributed by atoms with Crippen molar-refractivity contribution in [3.63, 3.8) is 0 Å². The fraction of sp³-hybridized carbons (Fsp3) is 0. The zero-order chi connectivity index (χ0) is 17.3. The van der Waals surface area contributed by atoms with Crippen LogP contribution in [0.4, 0.5) is 22.7 Å². The summed E-state index contributed by atoms with van der Waals surface area (Å²) in [5, 5.41) is 9.01. The number of nitrogen functional groups attached to an aromatic ring is 2. The van der Waals surface area contributed by atoms with Crippen molar-refractivity contribution in [3.8, 4) is 0 Å². The normalized spacial score (nSPS) is 11.6. The Morgan fingerprint density at radius 2 is 1.44 bits per heavy atom. The fourth-order valence-corrected chi connectivity index (χ4v) is 3.01. The molecule has 0 amide bonds. The van der Waals surface area contributed by atoms with Gasteiger partial charge in [0, 0.05) is 16.5 Å². The van der Waals surface area contributed by atoms with Crippen molar-refractivity contribution in [2.75, 3.05) is 11.5 Å². The summed E-state index contributed by atoms with van der Waals surface area (Å²) in [7, 11) is -4.58. The third-order valence-corrected chi connectivity index (χ3v) is 4.34. The number of azo groups is 1. The van der Waals surface area contributed by atoms with Gasteiger partial charge >= 0.3 is 29.6 Å². The Hall–Kier alpha value is -1.97. The monoisotopic (exact) mass is 364 g/mol. The fourth-order valence-electron chi connectivity index (χ4n) is 2.33. The number of rotatable bonds is 3. The molecule has 0 aromatic heterocycles. The topological polar surface area (TPSA) is 134 Å². The molecule has 0 atom stereocenters. The standard InChI is InChI=1S/C16H14N4O3S.Na/c17-10-5-6-15(13(18)9-10)20-19-14-7-8-16(24(21,22)23)12-4-2-1-3-11(12)14;/h1-9H,17-18H2,(H,21,22,23);/q;+1/p-1. The molecule has 0 fully saturated rings. The Balaban J connectivity index is 0.00000225. The van der Waals surface area contributed by atoms with E-state index >= 15 is 0 Å². The minimum atomic E-state index is -4.58. The molecule has 3 rings (SSSR count). The van der Waals surface area contributed by atoms with E-state index in [1.807, 2.05) is 0 Å². The van der Waals surface area contributed by atoms with Crippen LogP contribution in [0.15, 0.2) is 69.7 Å². The molecule has 3 aromatic rings. The summed E-state index contributed by atoms with van der Waals surface area (Å²) in [6.07, 6.45) is 0. The first kappa shape index (κ1) is 19.4. The smallest absolute Gasteiger partial charge is 0.744 e. The van der Waals surface area contributed by atoms with Gasteiger partial charge in [0.15, 0.2) is 0 Å². The van der Waals surface area contributed by atoms with Crippen LogP contribution in [0, 0.1) is 0 Å². The van der Waals surface area contributed by atoms with Crippen LogP contribution in [0.1, 0.15) is 0 Å². The van der Waals surface area contributed by atoms with E-state index in [-0.39, 0.29) is 34.5 Å². The third-order valence-electron chi connectivity index (χ3n) is 3.45. The number of benzene rings is 3. The predicted molar refractivity (Wildman–Crippen MR) is 91.4 cm³/mol. The first-order chi connectivity index (χ1) is 11.4. The zero-order valence-corrected chi connectivity index (χ0v) is 16.2. The van der Waals surface area contributed by atoms with Crippen molar-refractivity contribution < 1.29 is 42.5 Å². The van der Waals surface area contributed by atoms with Crippen molar-refractivity contribution in [3.05, 3.63) is 54.6 Å². The van der Waals surface area contributed by atoms with Gasteiger partial charge < -0.3 is 16.0 Å². The second-order valence-corrected chi connectivity index (χ2v) is 6.45. The van der Waals surface area contributed by atoms with E-state index in [9.17, 15) is 13.0 Å². The summed E-state index contributed by atoms with van der Waals surface area (Å²) in [5.74, 6) is 0. The number of anilines is 2. The first-order valence-corrected chi connectivity index (χ1v) is 8.31. The molecule has 0 heterocycles. The summed E-state index contributed by atoms with van der Waals surface area (Å²) in [6.45, 7) is 0. The van der Waals surface area contributed by atoms with Crippen LogP contribution in [0.3, 0.4) is 0 Å². The number of fused-ring (bicyclic) bond motifs is 1. The number of hydrogen-bond acceptors (Lipinski definition) is 7. The molecule has 122 valence electrons. The van der Waals surface area contributed by atoms with Gasteiger partial charge in [0.05, 0.1) is 16.3 Å². The second-order valence-electron chi connectivity index (χ2n) is 5.10. The maximum atomic E-state index is 11.4. The molecular weight excluding hydrogens is 351 g/mol. The van der Waals surface area contributed by atoms with Gasteiger partial charge in [-0.3, -0.25) is 0 Å². The molecule has 4 N–H and O–H groups in total. The minimum absolute atomic E-state index is 0. The average molecular weight is 364 g/mol. The molecule has 0 radical (unpaired) electrons. The van der Waals surface area contributed by atoms with E-state index in [2.05, 4.69) is 10.2 Å². The van der Waals surface area contributed by atoms with Gasteiger partial charge in [-0.05, 0) is 30.3 Å². The van der Waals surface area contributed by atoms with E-state index in [1.54, 1.807) is 42.5 Å². The number of nitrogens with zero attached hydrogens (tertiary/aromatic N) is 2. The van der Waals surface area contributed by atoms with Crippen molar-refractivity contribution in [2.24, 2.45) is 10.2 Å². The molecule has 0 unspecified atom stereocenters. The maximum Gasteiger partial charge on any atom is 1.00 e. The quantitative estimate of drug-likeness (QED) is 0.299. The second kappa shape index (κ2) is 7.51. The van der Waals surface area contributed by atoms with Gasteiger partial charge in [-0.25, -0.2) is 8.42 Å². The van der Waals surface area contributed by atoms with Gasteiger partial charge in [-0.1, -0.05) is 24.3 Å². The van der Waals surface area contributed by atoms with Gasteiger partial charge in [0.25, 0.3) is 0 Å². The van der Waals surface area contributed by atoms with E-state index in [0.717, 1.165) is 0 Å². The van der Waals surface area contributed by atoms with E-state index in [4.69, 9.17) is 11.5 Å². The van der Waals surface area contributed by atoms with Crippen molar-refractivity contribution >= 4 is 43.6 Å². The zero-order valence-electron chi connectivity index (χ0n) is 13.4. The predicted octanol–water partition coefficient (Wildman–Crippen LogP) is 0.328. The Bertz CT molecular complexity index is 1070. The number of nitrogens with two attached hydrogens (primary N) is 2. The molecule has 0 aliphatic rings. The van der Waals surface area contributed by atoms with Crippen LogP contribution in [-0.4, -0.2) is 13.0 Å². The van der Waals surface area contributed by atoms with E-state index in [0.29, 0.717) is 33.5 Å². The van der Waals surface area contributed by atoms with Crippen LogP contribution in [0.25, 0.3) is 10.8 Å². The molecule has 3 aromatic carbocycles. The SMILES string of the molecule is Nc1ccc(N=Nc2ccc(S(=O)(=O)[O-])c3ccccc23)c(N)c1.[Na+]. The molecule has 25 heavy (non-hydrogen) atoms. The molecule has 0 bridgehead atoms. The Morgan fingerprint density at radius 3 is 2.08 bits per heavy atom. The molecule has 7 nitrogen and oxygen atoms in total. The Labute approximate surface area is 166 Å². The van der Waals surface area contributed by atoms with Gasteiger partial charge in [0.1, 0.15) is 15.8 Å². The molecule has 0 aliphatic heterocycles. The minimum Gasteiger partial charge on any atom is -0.744 e. The third kappa shape index (κ3) is 4.17. The summed E-state index contributed by atoms with van der Waals surface area (Å²) >= 11 is 0. The summed E-state index contributed by atoms with van der Waals surface area (Å²) in [6, 6.07) is 14.1. The van der Waals surface area contributed by atoms with Gasteiger partial charge in [-0.2, -0.15) is 0 Å². The van der Waals surface area contributed by atoms with Crippen LogP contribution in [-0.2, 0) is 10.1 Å². The molecule has 0 saturated carbocycles. The molecule has 9 heteroatoms. The van der Waals surface area contributed by atoms with Crippen LogP contribution in [0.2, 0.25) is 0 Å². The van der Waals surface area contributed by atoms with Crippen molar-refractivity contribution in [1.29, 1.82) is 0 Å². The van der Waals surface area contributed by atoms with Gasteiger partial charge in [0.2, 0.25) is 0 Å². The molecular formula is C16H13N4NaO3S. The summed E-state index contributed by atoms with van der Waals surface area (Å²) in [4.78, 5) is -0.288. The largest absolute Gasteiger partial charge is 1.00 e. The van der Waals surface area contributed by atoms with Crippen LogP contribution < -0.4 is 41.0 Å². The van der Waals surface area contributed by atoms with Gasteiger partial charge in [-0.15, -0.1) is 10.2 Å². The number of hydrogen-bond donors (Lipinski definition) is 2. The first-order valence-electron chi connectivity index (χ1n) is 6.90. The van der Waals surface area contributed by atoms with E-state index < -0.39 is 10.1 Å². The summed E-state index contributed by atoms with van der Waals surface area (Å²) < 4.78 is 34.1. The Kier molecular flexibility index (Phi) is 5.81. The van der Waals surface area contributed by atoms with E-state index in [1.165, 1.54) is 12.1 Å². The van der Waals surface area contributed by atoms with Crippen LogP contribution in [0.5, 0.6) is 0 Å². The maximum absolute atomic E-state index is 11.4. The summed E-state index contributed by atoms with van der Waals surface area (Å²) in [5.41, 5.74) is 13.2. The van der Waals surface area contributed by atoms with Crippen molar-refractivity contribution in [1.82, 2.24) is 0 Å².